The van der Waals surface area contributed by atoms with Gasteiger partial charge in [-0.15, -0.1) is 4.68 Å². The van der Waals surface area contributed by atoms with Gasteiger partial charge in [0.15, 0.2) is 3.70 Å². The van der Waals surface area contributed by atoms with Crippen LogP contribution >= 0.6 is 45.2 Å². The highest BCUT2D eigenvalue weighted by Crippen LogP contribution is 2.23. The maximum Gasteiger partial charge on any atom is 0.359 e. The summed E-state index contributed by atoms with van der Waals surface area (Å²) in [6, 6.07) is 0. The summed E-state index contributed by atoms with van der Waals surface area (Å²) in [6.45, 7) is 0. The van der Waals surface area contributed by atoms with Crippen molar-refractivity contribution in [1.29, 1.82) is 0 Å². The third kappa shape index (κ3) is 1.63. The van der Waals surface area contributed by atoms with Crippen molar-refractivity contribution >= 4 is 51.0 Å². The quantitative estimate of drug-likeness (QED) is 0.423. The van der Waals surface area contributed by atoms with Crippen molar-refractivity contribution in [3.05, 3.63) is 17.4 Å². The lowest BCUT2D eigenvalue weighted by atomic mass is 10.6. The summed E-state index contributed by atoms with van der Waals surface area (Å²) in [5, 5.41) is 14.3. The van der Waals surface area contributed by atoms with Crippen LogP contribution in [0.1, 0.15) is 0 Å². The molecular formula is C4H3I2N3O2. The van der Waals surface area contributed by atoms with Crippen LogP contribution < -0.4 is 0 Å². The van der Waals surface area contributed by atoms with Crippen LogP contribution in [0.25, 0.3) is 0 Å². The number of nitrogens with zero attached hydrogens (tertiary/aromatic N) is 3. The Kier molecular flexibility index (Phi) is 2.67. The maximum absolute atomic E-state index is 10.4. The van der Waals surface area contributed by atoms with Crippen molar-refractivity contribution in [3.63, 3.8) is 0 Å². The normalized spacial score (nSPS) is 10.1. The van der Waals surface area contributed by atoms with Gasteiger partial charge in [0.1, 0.15) is 10.6 Å². The van der Waals surface area contributed by atoms with Crippen LogP contribution in [0.5, 0.6) is 0 Å². The minimum atomic E-state index is -0.434. The number of halogens is 2. The van der Waals surface area contributed by atoms with Crippen LogP contribution in [-0.4, -0.2) is 14.7 Å². The van der Waals surface area contributed by atoms with Gasteiger partial charge in [0, 0.05) is 0 Å². The summed E-state index contributed by atoms with van der Waals surface area (Å²) in [4.78, 5) is 9.96. The molecule has 0 aliphatic rings. The van der Waals surface area contributed by atoms with E-state index in [0.717, 1.165) is 0 Å². The van der Waals surface area contributed by atoms with E-state index in [4.69, 9.17) is 0 Å². The molecule has 0 radical (unpaired) electrons. The molecule has 0 saturated carbocycles. The minimum absolute atomic E-state index is 0.0509. The van der Waals surface area contributed by atoms with Gasteiger partial charge in [-0.3, -0.25) is 0 Å². The number of aryl methyl sites for hydroxylation is 1. The van der Waals surface area contributed by atoms with Gasteiger partial charge in [0.25, 0.3) is 0 Å². The zero-order chi connectivity index (χ0) is 8.59. The molecule has 1 aromatic rings. The molecule has 0 N–H and O–H groups in total. The SMILES string of the molecule is Cn1nc(I)c(I)c1[N+](=O)[O-]. The number of hydrogen-bond acceptors (Lipinski definition) is 3. The molecule has 7 heteroatoms. The van der Waals surface area contributed by atoms with Gasteiger partial charge in [0.2, 0.25) is 0 Å². The molecule has 1 rings (SSSR count). The van der Waals surface area contributed by atoms with Crippen LogP contribution in [-0.2, 0) is 7.05 Å². The fraction of sp³-hybridized carbons (Fsp3) is 0.250. The van der Waals surface area contributed by atoms with Gasteiger partial charge >= 0.3 is 5.82 Å². The number of hydrogen-bond donors (Lipinski definition) is 0. The molecule has 0 saturated heterocycles. The Hall–Kier alpha value is 0.0700. The van der Waals surface area contributed by atoms with E-state index in [1.165, 1.54) is 4.68 Å². The van der Waals surface area contributed by atoms with Crippen LogP contribution in [0.2, 0.25) is 0 Å². The van der Waals surface area contributed by atoms with Gasteiger partial charge in [-0.1, -0.05) is 5.10 Å². The van der Waals surface area contributed by atoms with E-state index in [0.29, 0.717) is 7.27 Å². The van der Waals surface area contributed by atoms with Crippen LogP contribution in [0.15, 0.2) is 0 Å². The van der Waals surface area contributed by atoms with Crippen LogP contribution in [0, 0.1) is 17.4 Å². The second kappa shape index (κ2) is 3.21. The standard InChI is InChI=1S/C4H3I2N3O2/c1-8-4(9(10)11)2(5)3(6)7-8/h1H3. The second-order valence-electron chi connectivity index (χ2n) is 1.81. The van der Waals surface area contributed by atoms with Crippen molar-refractivity contribution in [1.82, 2.24) is 9.78 Å². The summed E-state index contributed by atoms with van der Waals surface area (Å²) in [5.74, 6) is 0.0509. The summed E-state index contributed by atoms with van der Waals surface area (Å²) >= 11 is 3.87. The van der Waals surface area contributed by atoms with E-state index >= 15 is 0 Å². The molecule has 0 aromatic carbocycles. The summed E-state index contributed by atoms with van der Waals surface area (Å²) < 4.78 is 2.52. The summed E-state index contributed by atoms with van der Waals surface area (Å²) in [6.07, 6.45) is 0. The highest BCUT2D eigenvalue weighted by atomic mass is 127. The Balaban J connectivity index is 3.34. The molecular weight excluding hydrogens is 376 g/mol. The van der Waals surface area contributed by atoms with Gasteiger partial charge < -0.3 is 10.1 Å². The Morgan fingerprint density at radius 2 is 2.18 bits per heavy atom. The first kappa shape index (κ1) is 9.16. The Labute approximate surface area is 89.6 Å². The monoisotopic (exact) mass is 379 g/mol. The van der Waals surface area contributed by atoms with E-state index in [-0.39, 0.29) is 5.82 Å². The molecule has 0 unspecified atom stereocenters. The van der Waals surface area contributed by atoms with E-state index < -0.39 is 4.92 Å². The highest BCUT2D eigenvalue weighted by Gasteiger charge is 2.21. The van der Waals surface area contributed by atoms with E-state index in [1.54, 1.807) is 7.05 Å². The average Bonchev–Trinajstić information content (AvgIpc) is 2.07. The predicted octanol–water partition coefficient (Wildman–Crippen LogP) is 1.54. The largest absolute Gasteiger partial charge is 0.359 e. The van der Waals surface area contributed by atoms with E-state index in [2.05, 4.69) is 5.10 Å². The molecule has 1 heterocycles. The van der Waals surface area contributed by atoms with Crippen LogP contribution in [0.3, 0.4) is 0 Å². The van der Waals surface area contributed by atoms with Crippen LogP contribution in [0.4, 0.5) is 5.82 Å². The Morgan fingerprint density at radius 3 is 2.36 bits per heavy atom. The molecule has 5 nitrogen and oxygen atoms in total. The lowest BCUT2D eigenvalue weighted by Crippen LogP contribution is -1.98. The molecule has 0 fully saturated rings. The molecule has 0 atom stereocenters. The molecule has 60 valence electrons. The van der Waals surface area contributed by atoms with E-state index in [1.807, 2.05) is 45.2 Å². The number of aromatic nitrogens is 2. The lowest BCUT2D eigenvalue weighted by Gasteiger charge is -1.91. The van der Waals surface area contributed by atoms with Crippen molar-refractivity contribution in [2.24, 2.45) is 7.05 Å². The smallest absolute Gasteiger partial charge is 0.358 e. The van der Waals surface area contributed by atoms with Gasteiger partial charge in [0.05, 0.1) is 0 Å². The third-order valence-corrected chi connectivity index (χ3v) is 3.88. The summed E-state index contributed by atoms with van der Waals surface area (Å²) in [7, 11) is 1.56. The maximum atomic E-state index is 10.4. The average molecular weight is 379 g/mol. The molecule has 11 heavy (non-hydrogen) atoms. The predicted molar refractivity (Wildman–Crippen MR) is 55.3 cm³/mol. The Morgan fingerprint density at radius 1 is 1.64 bits per heavy atom. The van der Waals surface area contributed by atoms with Gasteiger partial charge in [-0.25, -0.2) is 0 Å². The minimum Gasteiger partial charge on any atom is -0.358 e. The molecule has 1 aromatic heterocycles. The first-order valence-corrected chi connectivity index (χ1v) is 4.72. The third-order valence-electron chi connectivity index (χ3n) is 1.09. The van der Waals surface area contributed by atoms with Crippen molar-refractivity contribution in [2.75, 3.05) is 0 Å². The molecule has 0 aliphatic heterocycles. The molecule has 0 aliphatic carbocycles. The fourth-order valence-corrected chi connectivity index (χ4v) is 1.87. The first-order chi connectivity index (χ1) is 5.04. The van der Waals surface area contributed by atoms with Crippen molar-refractivity contribution < 1.29 is 4.92 Å². The topological polar surface area (TPSA) is 61.0 Å². The zero-order valence-electron chi connectivity index (χ0n) is 5.41. The fourth-order valence-electron chi connectivity index (χ4n) is 0.656. The van der Waals surface area contributed by atoms with Crippen molar-refractivity contribution in [3.8, 4) is 0 Å². The highest BCUT2D eigenvalue weighted by molar-refractivity contribution is 14.1. The second-order valence-corrected chi connectivity index (χ2v) is 3.91. The van der Waals surface area contributed by atoms with E-state index in [9.17, 15) is 10.1 Å². The number of nitro groups is 1. The lowest BCUT2D eigenvalue weighted by molar-refractivity contribution is -0.393. The first-order valence-electron chi connectivity index (χ1n) is 2.56. The summed E-state index contributed by atoms with van der Waals surface area (Å²) in [5.41, 5.74) is 0. The van der Waals surface area contributed by atoms with Gasteiger partial charge in [-0.05, 0) is 50.1 Å². The molecule has 0 amide bonds. The number of rotatable bonds is 1. The van der Waals surface area contributed by atoms with Crippen molar-refractivity contribution in [2.45, 2.75) is 0 Å². The zero-order valence-corrected chi connectivity index (χ0v) is 9.73. The molecule has 0 spiro atoms. The van der Waals surface area contributed by atoms with Gasteiger partial charge in [-0.2, -0.15) is 0 Å². The Bertz CT molecular complexity index is 309. The molecule has 0 bridgehead atoms.